The van der Waals surface area contributed by atoms with Gasteiger partial charge in [0, 0.05) is 10.6 Å². The Morgan fingerprint density at radius 1 is 0.774 bits per heavy atom. The third-order valence-electron chi connectivity index (χ3n) is 5.55. The third kappa shape index (κ3) is 3.68. The molecule has 0 saturated carbocycles. The monoisotopic (exact) mass is 426 g/mol. The van der Waals surface area contributed by atoms with Crippen molar-refractivity contribution >= 4 is 33.9 Å². The van der Waals surface area contributed by atoms with Gasteiger partial charge in [-0.05, 0) is 34.7 Å². The highest BCUT2D eigenvalue weighted by Gasteiger charge is 2.19. The van der Waals surface area contributed by atoms with Gasteiger partial charge in [0.25, 0.3) is 0 Å². The number of nitrogens with zero attached hydrogens (tertiary/aromatic N) is 4. The van der Waals surface area contributed by atoms with Crippen LogP contribution in [0.5, 0.6) is 0 Å². The molecule has 0 amide bonds. The number of fused-ring (bicyclic) bond motifs is 2. The number of aromatic nitrogens is 4. The van der Waals surface area contributed by atoms with Crippen molar-refractivity contribution in [2.75, 3.05) is 0 Å². The van der Waals surface area contributed by atoms with Gasteiger partial charge in [0.05, 0.1) is 17.6 Å². The molecule has 0 aliphatic heterocycles. The predicted molar refractivity (Wildman–Crippen MR) is 128 cm³/mol. The van der Waals surface area contributed by atoms with Crippen LogP contribution in [0.1, 0.15) is 31.9 Å². The van der Waals surface area contributed by atoms with Gasteiger partial charge in [-0.25, -0.2) is 15.0 Å². The largest absolute Gasteiger partial charge is 0.303 e. The van der Waals surface area contributed by atoms with Crippen LogP contribution in [0.25, 0.3) is 33.7 Å². The van der Waals surface area contributed by atoms with Gasteiger partial charge in [-0.2, -0.15) is 0 Å². The van der Waals surface area contributed by atoms with E-state index in [-0.39, 0.29) is 5.41 Å². The predicted octanol–water partition coefficient (Wildman–Crippen LogP) is 6.65. The van der Waals surface area contributed by atoms with E-state index in [9.17, 15) is 0 Å². The molecule has 154 valence electrons. The second-order valence-electron chi connectivity index (χ2n) is 8.80. The van der Waals surface area contributed by atoms with Crippen LogP contribution in [0.2, 0.25) is 5.02 Å². The topological polar surface area (TPSA) is 43.6 Å². The molecule has 2 aromatic heterocycles. The second kappa shape index (κ2) is 7.47. The molecule has 0 spiro atoms. The van der Waals surface area contributed by atoms with Gasteiger partial charge in [0.15, 0.2) is 11.3 Å². The van der Waals surface area contributed by atoms with E-state index in [1.807, 2.05) is 48.5 Å². The van der Waals surface area contributed by atoms with E-state index in [1.54, 1.807) is 0 Å². The standard InChI is InChI=1S/C26H23ClN4/c1-26(2,3)19-14-12-17(13-15-19)24-30-23-25(29-22-11-7-6-10-21(22)28-23)31(24)16-18-8-4-5-9-20(18)27/h4-15H,16H2,1-3H3. The summed E-state index contributed by atoms with van der Waals surface area (Å²) in [5.41, 5.74) is 6.52. The zero-order valence-corrected chi connectivity index (χ0v) is 18.6. The van der Waals surface area contributed by atoms with E-state index in [1.165, 1.54) is 5.56 Å². The van der Waals surface area contributed by atoms with Crippen LogP contribution >= 0.6 is 11.6 Å². The lowest BCUT2D eigenvalue weighted by atomic mass is 9.87. The van der Waals surface area contributed by atoms with Crippen molar-refractivity contribution in [3.63, 3.8) is 0 Å². The van der Waals surface area contributed by atoms with Gasteiger partial charge in [-0.1, -0.05) is 87.0 Å². The molecule has 31 heavy (non-hydrogen) atoms. The van der Waals surface area contributed by atoms with E-state index < -0.39 is 0 Å². The molecule has 5 rings (SSSR count). The molecule has 0 saturated heterocycles. The average molecular weight is 427 g/mol. The summed E-state index contributed by atoms with van der Waals surface area (Å²) in [5, 5.41) is 0.729. The second-order valence-corrected chi connectivity index (χ2v) is 9.21. The molecule has 0 radical (unpaired) electrons. The first-order chi connectivity index (χ1) is 14.9. The number of rotatable bonds is 3. The first-order valence-corrected chi connectivity index (χ1v) is 10.8. The smallest absolute Gasteiger partial charge is 0.198 e. The fraction of sp³-hybridized carbons (Fsp3) is 0.192. The van der Waals surface area contributed by atoms with E-state index in [0.29, 0.717) is 12.2 Å². The van der Waals surface area contributed by atoms with Crippen molar-refractivity contribution < 1.29 is 0 Å². The Bertz CT molecular complexity index is 1400. The summed E-state index contributed by atoms with van der Waals surface area (Å²) in [5.74, 6) is 0.839. The average Bonchev–Trinajstić information content (AvgIpc) is 3.10. The highest BCUT2D eigenvalue weighted by molar-refractivity contribution is 6.31. The Morgan fingerprint density at radius 2 is 1.42 bits per heavy atom. The Balaban J connectivity index is 1.72. The molecule has 0 aliphatic rings. The summed E-state index contributed by atoms with van der Waals surface area (Å²) in [6.45, 7) is 7.22. The number of para-hydroxylation sites is 2. The summed E-state index contributed by atoms with van der Waals surface area (Å²) in [4.78, 5) is 14.6. The molecule has 0 unspecified atom stereocenters. The summed E-state index contributed by atoms with van der Waals surface area (Å²) >= 11 is 6.49. The molecule has 0 fully saturated rings. The SMILES string of the molecule is CC(C)(C)c1ccc(-c2nc3nc4ccccc4nc3n2Cc2ccccc2Cl)cc1. The van der Waals surface area contributed by atoms with Crippen LogP contribution in [-0.4, -0.2) is 19.5 Å². The Morgan fingerprint density at radius 3 is 2.10 bits per heavy atom. The van der Waals surface area contributed by atoms with Gasteiger partial charge in [0.1, 0.15) is 5.82 Å². The van der Waals surface area contributed by atoms with Crippen molar-refractivity contribution in [3.8, 4) is 11.4 Å². The molecule has 2 heterocycles. The Hall–Kier alpha value is -3.24. The molecule has 0 aliphatic carbocycles. The third-order valence-corrected chi connectivity index (χ3v) is 5.92. The molecule has 5 heteroatoms. The fourth-order valence-corrected chi connectivity index (χ4v) is 3.98. The number of hydrogen-bond donors (Lipinski definition) is 0. The minimum atomic E-state index is 0.0943. The quantitative estimate of drug-likeness (QED) is 0.324. The van der Waals surface area contributed by atoms with Crippen LogP contribution < -0.4 is 0 Å². The number of imidazole rings is 1. The summed E-state index contributed by atoms with van der Waals surface area (Å²) in [6.07, 6.45) is 0. The maximum atomic E-state index is 6.49. The van der Waals surface area contributed by atoms with E-state index in [2.05, 4.69) is 49.6 Å². The summed E-state index contributed by atoms with van der Waals surface area (Å²) in [6, 6.07) is 24.4. The number of benzene rings is 3. The van der Waals surface area contributed by atoms with Crippen molar-refractivity contribution in [1.29, 1.82) is 0 Å². The lowest BCUT2D eigenvalue weighted by Gasteiger charge is -2.19. The lowest BCUT2D eigenvalue weighted by molar-refractivity contribution is 0.590. The number of halogens is 1. The van der Waals surface area contributed by atoms with Crippen LogP contribution in [0.15, 0.2) is 72.8 Å². The highest BCUT2D eigenvalue weighted by Crippen LogP contribution is 2.29. The first kappa shape index (κ1) is 19.7. The maximum absolute atomic E-state index is 6.49. The van der Waals surface area contributed by atoms with Gasteiger partial charge >= 0.3 is 0 Å². The number of hydrogen-bond acceptors (Lipinski definition) is 3. The molecule has 5 aromatic rings. The lowest BCUT2D eigenvalue weighted by Crippen LogP contribution is -2.10. The van der Waals surface area contributed by atoms with E-state index >= 15 is 0 Å². The first-order valence-electron chi connectivity index (χ1n) is 10.4. The minimum Gasteiger partial charge on any atom is -0.303 e. The van der Waals surface area contributed by atoms with Crippen LogP contribution in [-0.2, 0) is 12.0 Å². The fourth-order valence-electron chi connectivity index (χ4n) is 3.78. The van der Waals surface area contributed by atoms with Gasteiger partial charge in [0.2, 0.25) is 0 Å². The van der Waals surface area contributed by atoms with Crippen LogP contribution in [0.4, 0.5) is 0 Å². The molecule has 0 bridgehead atoms. The molecule has 4 nitrogen and oxygen atoms in total. The van der Waals surface area contributed by atoms with Crippen molar-refractivity contribution in [1.82, 2.24) is 19.5 Å². The zero-order chi connectivity index (χ0) is 21.6. The van der Waals surface area contributed by atoms with E-state index in [0.717, 1.165) is 38.7 Å². The maximum Gasteiger partial charge on any atom is 0.198 e. The Kier molecular flexibility index (Phi) is 4.75. The van der Waals surface area contributed by atoms with Crippen LogP contribution in [0, 0.1) is 0 Å². The minimum absolute atomic E-state index is 0.0943. The van der Waals surface area contributed by atoms with Crippen molar-refractivity contribution in [2.45, 2.75) is 32.7 Å². The molecular formula is C26H23ClN4. The van der Waals surface area contributed by atoms with Crippen molar-refractivity contribution in [2.24, 2.45) is 0 Å². The van der Waals surface area contributed by atoms with Crippen molar-refractivity contribution in [3.05, 3.63) is 88.9 Å². The molecule has 3 aromatic carbocycles. The summed E-state index contributed by atoms with van der Waals surface area (Å²) < 4.78 is 2.11. The summed E-state index contributed by atoms with van der Waals surface area (Å²) in [7, 11) is 0. The molecule has 0 N–H and O–H groups in total. The zero-order valence-electron chi connectivity index (χ0n) is 17.8. The van der Waals surface area contributed by atoms with Gasteiger partial charge in [-0.3, -0.25) is 0 Å². The van der Waals surface area contributed by atoms with Gasteiger partial charge in [-0.15, -0.1) is 0 Å². The Labute approximate surface area is 186 Å². The van der Waals surface area contributed by atoms with Gasteiger partial charge < -0.3 is 4.57 Å². The van der Waals surface area contributed by atoms with E-state index in [4.69, 9.17) is 26.6 Å². The van der Waals surface area contributed by atoms with Crippen LogP contribution in [0.3, 0.4) is 0 Å². The highest BCUT2D eigenvalue weighted by atomic mass is 35.5. The molecule has 0 atom stereocenters. The normalized spacial score (nSPS) is 12.0. The molecular weight excluding hydrogens is 404 g/mol.